The number of alkyl halides is 3. The molecule has 2 aromatic carbocycles. The van der Waals surface area contributed by atoms with Crippen LogP contribution < -0.4 is 10.6 Å². The van der Waals surface area contributed by atoms with Crippen LogP contribution in [0.4, 0.5) is 23.2 Å². The van der Waals surface area contributed by atoms with E-state index in [0.717, 1.165) is 25.0 Å². The van der Waals surface area contributed by atoms with Crippen molar-refractivity contribution in [1.82, 2.24) is 15.1 Å². The zero-order valence-electron chi connectivity index (χ0n) is 16.2. The molecule has 0 aliphatic heterocycles. The Hall–Kier alpha value is -3.40. The second-order valence-corrected chi connectivity index (χ2v) is 7.57. The molecule has 166 valence electrons. The van der Waals surface area contributed by atoms with Crippen molar-refractivity contribution in [2.75, 3.05) is 5.32 Å². The molecule has 1 aliphatic carbocycles. The van der Waals surface area contributed by atoms with Crippen molar-refractivity contribution in [3.8, 4) is 5.69 Å². The van der Waals surface area contributed by atoms with E-state index in [4.69, 9.17) is 11.6 Å². The number of anilines is 1. The number of amides is 2. The number of carbonyl (C=O) groups excluding carboxylic acids is 2. The Bertz CT molecular complexity index is 1200. The van der Waals surface area contributed by atoms with E-state index in [-0.39, 0.29) is 22.3 Å². The van der Waals surface area contributed by atoms with Crippen molar-refractivity contribution in [2.45, 2.75) is 25.1 Å². The first-order valence-corrected chi connectivity index (χ1v) is 9.85. The average Bonchev–Trinajstić information content (AvgIpc) is 3.42. The smallest absolute Gasteiger partial charge is 0.349 e. The molecular weight excluding hydrogens is 452 g/mol. The molecule has 0 bridgehead atoms. The van der Waals surface area contributed by atoms with E-state index in [9.17, 15) is 27.2 Å². The molecule has 1 fully saturated rings. The molecule has 6 nitrogen and oxygen atoms in total. The first-order valence-electron chi connectivity index (χ1n) is 9.47. The third-order valence-electron chi connectivity index (χ3n) is 4.74. The third-order valence-corrected chi connectivity index (χ3v) is 5.07. The van der Waals surface area contributed by atoms with Crippen LogP contribution in [-0.2, 0) is 6.18 Å². The van der Waals surface area contributed by atoms with Crippen molar-refractivity contribution in [3.63, 3.8) is 0 Å². The van der Waals surface area contributed by atoms with Gasteiger partial charge >= 0.3 is 6.18 Å². The van der Waals surface area contributed by atoms with Crippen LogP contribution >= 0.6 is 11.6 Å². The van der Waals surface area contributed by atoms with Gasteiger partial charge in [0.1, 0.15) is 11.5 Å². The van der Waals surface area contributed by atoms with Crippen LogP contribution in [0.15, 0.2) is 48.7 Å². The lowest BCUT2D eigenvalue weighted by Crippen LogP contribution is -2.26. The number of nitrogens with zero attached hydrogens (tertiary/aromatic N) is 2. The van der Waals surface area contributed by atoms with Gasteiger partial charge in [0.05, 0.1) is 22.3 Å². The Kier molecular flexibility index (Phi) is 5.64. The highest BCUT2D eigenvalue weighted by Gasteiger charge is 2.41. The van der Waals surface area contributed by atoms with Gasteiger partial charge in [0.15, 0.2) is 5.69 Å². The maximum absolute atomic E-state index is 14.1. The van der Waals surface area contributed by atoms with Crippen LogP contribution in [0.1, 0.15) is 39.3 Å². The Morgan fingerprint density at radius 3 is 2.44 bits per heavy atom. The number of hydrogen-bond acceptors (Lipinski definition) is 3. The molecule has 3 aromatic rings. The van der Waals surface area contributed by atoms with Gasteiger partial charge in [0.2, 0.25) is 0 Å². The normalized spacial score (nSPS) is 13.7. The summed E-state index contributed by atoms with van der Waals surface area (Å²) in [6, 6.07) is 8.81. The van der Waals surface area contributed by atoms with Gasteiger partial charge in [-0.25, -0.2) is 9.07 Å². The molecule has 1 saturated carbocycles. The molecule has 2 amide bonds. The highest BCUT2D eigenvalue weighted by Crippen LogP contribution is 2.34. The molecule has 2 N–H and O–H groups in total. The van der Waals surface area contributed by atoms with Gasteiger partial charge in [-0.15, -0.1) is 0 Å². The number of para-hydroxylation sites is 1. The number of rotatable bonds is 5. The number of halogens is 5. The van der Waals surface area contributed by atoms with E-state index in [1.165, 1.54) is 30.3 Å². The lowest BCUT2D eigenvalue weighted by Gasteiger charge is -2.14. The fourth-order valence-electron chi connectivity index (χ4n) is 3.06. The Morgan fingerprint density at radius 1 is 1.06 bits per heavy atom. The first-order chi connectivity index (χ1) is 15.1. The number of nitrogens with one attached hydrogen (secondary N) is 2. The summed E-state index contributed by atoms with van der Waals surface area (Å²) in [6.45, 7) is 0. The lowest BCUT2D eigenvalue weighted by molar-refractivity contribution is -0.143. The fourth-order valence-corrected chi connectivity index (χ4v) is 3.26. The summed E-state index contributed by atoms with van der Waals surface area (Å²) in [5.41, 5.74) is -2.55. The molecule has 1 heterocycles. The fraction of sp³-hybridized carbons (Fsp3) is 0.190. The summed E-state index contributed by atoms with van der Waals surface area (Å²) in [4.78, 5) is 25.0. The molecule has 4 rings (SSSR count). The number of carbonyl (C=O) groups is 2. The van der Waals surface area contributed by atoms with Gasteiger partial charge in [-0.1, -0.05) is 23.7 Å². The van der Waals surface area contributed by atoms with Crippen LogP contribution in [0.5, 0.6) is 0 Å². The highest BCUT2D eigenvalue weighted by atomic mass is 35.5. The average molecular weight is 467 g/mol. The second kappa shape index (κ2) is 8.27. The van der Waals surface area contributed by atoms with Gasteiger partial charge in [-0.3, -0.25) is 9.59 Å². The van der Waals surface area contributed by atoms with E-state index in [1.54, 1.807) is 0 Å². The predicted octanol–water partition coefficient (Wildman–Crippen LogP) is 4.83. The molecule has 1 aliphatic rings. The largest absolute Gasteiger partial charge is 0.434 e. The summed E-state index contributed by atoms with van der Waals surface area (Å²) in [7, 11) is 0. The van der Waals surface area contributed by atoms with Gasteiger partial charge in [-0.2, -0.15) is 18.3 Å². The van der Waals surface area contributed by atoms with Crippen molar-refractivity contribution >= 4 is 29.1 Å². The quantitative estimate of drug-likeness (QED) is 0.529. The first kappa shape index (κ1) is 21.8. The number of hydrogen-bond donors (Lipinski definition) is 2. The molecule has 0 atom stereocenters. The standard InChI is InChI=1S/C21H15ClF4N4O2/c22-15-8-7-12(9-13(15)19(31)28-11-5-6-11)29-20(32)14-10-27-30(18(14)21(24,25)26)17-4-2-1-3-16(17)23/h1-4,7-11H,5-6H2,(H,28,31)(H,29,32). The maximum Gasteiger partial charge on any atom is 0.434 e. The highest BCUT2D eigenvalue weighted by molar-refractivity contribution is 6.34. The Labute approximate surface area is 184 Å². The summed E-state index contributed by atoms with van der Waals surface area (Å²) in [5, 5.41) is 8.78. The van der Waals surface area contributed by atoms with Gasteiger partial charge in [0, 0.05) is 11.7 Å². The van der Waals surface area contributed by atoms with Gasteiger partial charge in [-0.05, 0) is 43.2 Å². The maximum atomic E-state index is 14.1. The van der Waals surface area contributed by atoms with Crippen LogP contribution in [0.25, 0.3) is 5.69 Å². The van der Waals surface area contributed by atoms with Crippen molar-refractivity contribution < 1.29 is 27.2 Å². The number of benzene rings is 2. The molecule has 0 saturated heterocycles. The predicted molar refractivity (Wildman–Crippen MR) is 108 cm³/mol. The Morgan fingerprint density at radius 2 is 1.78 bits per heavy atom. The summed E-state index contributed by atoms with van der Waals surface area (Å²) < 4.78 is 55.7. The lowest BCUT2D eigenvalue weighted by atomic mass is 10.1. The molecule has 32 heavy (non-hydrogen) atoms. The van der Waals surface area contributed by atoms with Crippen molar-refractivity contribution in [1.29, 1.82) is 0 Å². The monoisotopic (exact) mass is 466 g/mol. The van der Waals surface area contributed by atoms with Crippen LogP contribution in [0.2, 0.25) is 5.02 Å². The summed E-state index contributed by atoms with van der Waals surface area (Å²) in [5.74, 6) is -2.51. The van der Waals surface area contributed by atoms with Crippen molar-refractivity contribution in [3.05, 3.63) is 76.3 Å². The molecule has 11 heteroatoms. The topological polar surface area (TPSA) is 76.0 Å². The molecule has 0 unspecified atom stereocenters. The van der Waals surface area contributed by atoms with E-state index in [1.807, 2.05) is 0 Å². The number of aromatic nitrogens is 2. The van der Waals surface area contributed by atoms with Crippen LogP contribution in [-0.4, -0.2) is 27.6 Å². The van der Waals surface area contributed by atoms with E-state index in [0.29, 0.717) is 10.9 Å². The van der Waals surface area contributed by atoms with Crippen molar-refractivity contribution in [2.24, 2.45) is 0 Å². The molecule has 0 radical (unpaired) electrons. The zero-order valence-corrected chi connectivity index (χ0v) is 17.0. The second-order valence-electron chi connectivity index (χ2n) is 7.16. The molecular formula is C21H15ClF4N4O2. The van der Waals surface area contributed by atoms with E-state index >= 15 is 0 Å². The van der Waals surface area contributed by atoms with E-state index < -0.39 is 40.8 Å². The molecule has 1 aromatic heterocycles. The van der Waals surface area contributed by atoms with E-state index in [2.05, 4.69) is 15.7 Å². The summed E-state index contributed by atoms with van der Waals surface area (Å²) >= 11 is 6.05. The zero-order chi connectivity index (χ0) is 23.0. The van der Waals surface area contributed by atoms with Crippen LogP contribution in [0, 0.1) is 5.82 Å². The minimum absolute atomic E-state index is 0.0621. The minimum Gasteiger partial charge on any atom is -0.349 e. The minimum atomic E-state index is -5.00. The Balaban J connectivity index is 1.66. The SMILES string of the molecule is O=C(NC1CC1)c1cc(NC(=O)c2cnn(-c3ccccc3F)c2C(F)(F)F)ccc1Cl. The third kappa shape index (κ3) is 4.45. The van der Waals surface area contributed by atoms with Crippen LogP contribution in [0.3, 0.4) is 0 Å². The van der Waals surface area contributed by atoms with Gasteiger partial charge < -0.3 is 10.6 Å². The van der Waals surface area contributed by atoms with Gasteiger partial charge in [0.25, 0.3) is 11.8 Å². The summed E-state index contributed by atoms with van der Waals surface area (Å²) in [6.07, 6.45) is -2.58. The molecule has 0 spiro atoms.